The lowest BCUT2D eigenvalue weighted by Gasteiger charge is -2.20. The van der Waals surface area contributed by atoms with Gasteiger partial charge < -0.3 is 10.2 Å². The first kappa shape index (κ1) is 25.6. The lowest BCUT2D eigenvalue weighted by atomic mass is 10.0. The van der Waals surface area contributed by atoms with Gasteiger partial charge in [0.05, 0.1) is 17.2 Å². The molecule has 12 heteroatoms. The smallest absolute Gasteiger partial charge is 0.339 e. The van der Waals surface area contributed by atoms with Crippen molar-refractivity contribution in [3.05, 3.63) is 64.7 Å². The maximum absolute atomic E-state index is 14.5. The number of rotatable bonds is 6. The maximum Gasteiger partial charge on any atom is 0.417 e. The predicted molar refractivity (Wildman–Crippen MR) is 110 cm³/mol. The number of alkyl halides is 3. The minimum Gasteiger partial charge on any atom is -0.339 e. The molecular weight excluding hydrogens is 446 g/mol. The summed E-state index contributed by atoms with van der Waals surface area (Å²) in [7, 11) is 0. The van der Waals surface area contributed by atoms with E-state index in [9.17, 15) is 31.9 Å². The van der Waals surface area contributed by atoms with Crippen LogP contribution < -0.4 is 16.2 Å². The molecule has 2 aromatic rings. The minimum atomic E-state index is -4.68. The summed E-state index contributed by atoms with van der Waals surface area (Å²) in [5.74, 6) is -2.06. The number of hydrogen-bond donors (Lipinski definition) is 3. The summed E-state index contributed by atoms with van der Waals surface area (Å²) >= 11 is 0. The Bertz CT molecular complexity index is 1030. The average Bonchev–Trinajstić information content (AvgIpc) is 2.77. The molecule has 2 rings (SSSR count). The molecule has 8 nitrogen and oxygen atoms in total. The highest BCUT2D eigenvalue weighted by Crippen LogP contribution is 2.28. The van der Waals surface area contributed by atoms with E-state index in [0.29, 0.717) is 25.4 Å². The molecule has 0 bridgehead atoms. The molecule has 0 saturated heterocycles. The largest absolute Gasteiger partial charge is 0.417 e. The third-order valence-electron chi connectivity index (χ3n) is 4.73. The molecule has 0 aliphatic heterocycles. The number of pyridine rings is 1. The van der Waals surface area contributed by atoms with Crippen molar-refractivity contribution in [2.75, 3.05) is 13.1 Å². The van der Waals surface area contributed by atoms with Gasteiger partial charge >= 0.3 is 12.2 Å². The summed E-state index contributed by atoms with van der Waals surface area (Å²) in [4.78, 5) is 41.2. The number of amides is 4. The van der Waals surface area contributed by atoms with Crippen LogP contribution in [0.5, 0.6) is 0 Å². The quantitative estimate of drug-likeness (QED) is 0.446. The summed E-state index contributed by atoms with van der Waals surface area (Å²) in [6.07, 6.45) is -3.21. The standard InChI is InChI=1S/C21H23F4N5O3/c1-4-30(5-2)19(32)13-6-7-16(17(22)9-13)12(3)27-20(33)29-28-18(31)14-8-15(11-26-10-14)21(23,24)25/h6-12H,4-5H2,1-3H3,(H,28,31)(H2,27,29,33)/t12-/m1/s1. The van der Waals surface area contributed by atoms with Gasteiger partial charge in [0, 0.05) is 36.6 Å². The summed E-state index contributed by atoms with van der Waals surface area (Å²) in [6, 6.07) is 2.69. The van der Waals surface area contributed by atoms with E-state index < -0.39 is 41.1 Å². The van der Waals surface area contributed by atoms with Gasteiger partial charge in [0.25, 0.3) is 11.8 Å². The van der Waals surface area contributed by atoms with Gasteiger partial charge in [-0.3, -0.25) is 20.0 Å². The lowest BCUT2D eigenvalue weighted by molar-refractivity contribution is -0.137. The molecule has 1 aromatic carbocycles. The zero-order valence-electron chi connectivity index (χ0n) is 18.1. The molecular formula is C21H23F4N5O3. The number of hydrogen-bond acceptors (Lipinski definition) is 4. The van der Waals surface area contributed by atoms with Crippen LogP contribution in [0.3, 0.4) is 0 Å². The molecule has 1 heterocycles. The third kappa shape index (κ3) is 6.64. The number of carbonyl (C=O) groups is 3. The third-order valence-corrected chi connectivity index (χ3v) is 4.73. The first-order valence-electron chi connectivity index (χ1n) is 9.95. The van der Waals surface area contributed by atoms with Crippen LogP contribution in [0, 0.1) is 5.82 Å². The minimum absolute atomic E-state index is 0.0923. The van der Waals surface area contributed by atoms with Crippen molar-refractivity contribution in [3.8, 4) is 0 Å². The van der Waals surface area contributed by atoms with Crippen LogP contribution in [0.1, 0.15) is 58.7 Å². The molecule has 3 N–H and O–H groups in total. The van der Waals surface area contributed by atoms with Crippen molar-refractivity contribution >= 4 is 17.8 Å². The van der Waals surface area contributed by atoms with Crippen LogP contribution in [0.25, 0.3) is 0 Å². The number of hydrazine groups is 1. The van der Waals surface area contributed by atoms with E-state index >= 15 is 0 Å². The van der Waals surface area contributed by atoms with Crippen molar-refractivity contribution in [1.82, 2.24) is 26.1 Å². The molecule has 4 amide bonds. The van der Waals surface area contributed by atoms with Gasteiger partial charge in [-0.25, -0.2) is 14.6 Å². The van der Waals surface area contributed by atoms with Crippen LogP contribution in [0.2, 0.25) is 0 Å². The predicted octanol–water partition coefficient (Wildman–Crippen LogP) is 3.43. The first-order valence-corrected chi connectivity index (χ1v) is 9.95. The highest BCUT2D eigenvalue weighted by atomic mass is 19.4. The second-order valence-electron chi connectivity index (χ2n) is 6.95. The summed E-state index contributed by atoms with van der Waals surface area (Å²) in [6.45, 7) is 6.03. The first-order chi connectivity index (χ1) is 15.5. The fraction of sp³-hybridized carbons (Fsp3) is 0.333. The SMILES string of the molecule is CCN(CC)C(=O)c1ccc([C@@H](C)NC(=O)NNC(=O)c2cncc(C(F)(F)F)c2)c(F)c1. The second-order valence-corrected chi connectivity index (χ2v) is 6.95. The molecule has 1 atom stereocenters. The van der Waals surface area contributed by atoms with E-state index in [1.54, 1.807) is 13.8 Å². The van der Waals surface area contributed by atoms with Gasteiger partial charge in [0.1, 0.15) is 5.82 Å². The van der Waals surface area contributed by atoms with Crippen LogP contribution in [-0.4, -0.2) is 40.8 Å². The Morgan fingerprint density at radius 1 is 1.03 bits per heavy atom. The van der Waals surface area contributed by atoms with Gasteiger partial charge in [-0.05, 0) is 39.0 Å². The number of carbonyl (C=O) groups excluding carboxylic acids is 3. The Hall–Kier alpha value is -3.70. The van der Waals surface area contributed by atoms with Crippen LogP contribution in [0.4, 0.5) is 22.4 Å². The topological polar surface area (TPSA) is 103 Å². The van der Waals surface area contributed by atoms with Gasteiger partial charge in [0.2, 0.25) is 0 Å². The number of halogens is 4. The van der Waals surface area contributed by atoms with E-state index in [0.717, 1.165) is 12.3 Å². The van der Waals surface area contributed by atoms with E-state index in [1.165, 1.54) is 24.0 Å². The molecule has 0 radical (unpaired) electrons. The molecule has 1 aromatic heterocycles. The maximum atomic E-state index is 14.5. The van der Waals surface area contributed by atoms with E-state index in [1.807, 2.05) is 10.9 Å². The van der Waals surface area contributed by atoms with Crippen LogP contribution in [0.15, 0.2) is 36.7 Å². The van der Waals surface area contributed by atoms with E-state index in [-0.39, 0.29) is 17.0 Å². The van der Waals surface area contributed by atoms with Gasteiger partial charge in [0.15, 0.2) is 0 Å². The Morgan fingerprint density at radius 3 is 2.27 bits per heavy atom. The normalized spacial score (nSPS) is 12.0. The summed E-state index contributed by atoms with van der Waals surface area (Å²) in [5.41, 5.74) is 2.64. The second kappa shape index (κ2) is 10.7. The lowest BCUT2D eigenvalue weighted by Crippen LogP contribution is -2.47. The molecule has 0 unspecified atom stereocenters. The van der Waals surface area contributed by atoms with Crippen LogP contribution >= 0.6 is 0 Å². The summed E-state index contributed by atoms with van der Waals surface area (Å²) < 4.78 is 52.7. The van der Waals surface area contributed by atoms with Crippen molar-refractivity contribution in [2.45, 2.75) is 33.0 Å². The highest BCUT2D eigenvalue weighted by Gasteiger charge is 2.31. The van der Waals surface area contributed by atoms with Crippen LogP contribution in [-0.2, 0) is 6.18 Å². The molecule has 0 saturated carbocycles. The average molecular weight is 469 g/mol. The van der Waals surface area contributed by atoms with Crippen molar-refractivity contribution in [1.29, 1.82) is 0 Å². The molecule has 0 fully saturated rings. The zero-order valence-corrected chi connectivity index (χ0v) is 18.1. The molecule has 33 heavy (non-hydrogen) atoms. The number of nitrogens with one attached hydrogen (secondary N) is 3. The number of urea groups is 1. The fourth-order valence-electron chi connectivity index (χ4n) is 2.92. The van der Waals surface area contributed by atoms with Crippen molar-refractivity contribution in [3.63, 3.8) is 0 Å². The Morgan fingerprint density at radius 2 is 1.70 bits per heavy atom. The highest BCUT2D eigenvalue weighted by molar-refractivity contribution is 5.95. The zero-order chi connectivity index (χ0) is 24.8. The molecule has 0 spiro atoms. The molecule has 178 valence electrons. The number of nitrogens with zero attached hydrogens (tertiary/aromatic N) is 2. The van der Waals surface area contributed by atoms with Gasteiger partial charge in [-0.1, -0.05) is 6.07 Å². The number of benzene rings is 1. The molecule has 0 aliphatic rings. The van der Waals surface area contributed by atoms with Gasteiger partial charge in [-0.2, -0.15) is 13.2 Å². The Labute approximate surface area is 187 Å². The summed E-state index contributed by atoms with van der Waals surface area (Å²) in [5, 5.41) is 2.38. The monoisotopic (exact) mass is 469 g/mol. The molecule has 0 aliphatic carbocycles. The van der Waals surface area contributed by atoms with E-state index in [2.05, 4.69) is 10.3 Å². The van der Waals surface area contributed by atoms with Crippen molar-refractivity contribution < 1.29 is 31.9 Å². The van der Waals surface area contributed by atoms with E-state index in [4.69, 9.17) is 0 Å². The Balaban J connectivity index is 1.98. The fourth-order valence-corrected chi connectivity index (χ4v) is 2.92. The Kier molecular flexibility index (Phi) is 8.32. The number of aromatic nitrogens is 1. The van der Waals surface area contributed by atoms with Crippen molar-refractivity contribution in [2.24, 2.45) is 0 Å². The van der Waals surface area contributed by atoms with Gasteiger partial charge in [-0.15, -0.1) is 0 Å².